The van der Waals surface area contributed by atoms with E-state index >= 15 is 0 Å². The average Bonchev–Trinajstić information content (AvgIpc) is 2.66. The van der Waals surface area contributed by atoms with Crippen LogP contribution in [-0.4, -0.2) is 30.4 Å². The van der Waals surface area contributed by atoms with Gasteiger partial charge in [-0.2, -0.15) is 0 Å². The van der Waals surface area contributed by atoms with Crippen molar-refractivity contribution in [2.24, 2.45) is 5.73 Å². The minimum Gasteiger partial charge on any atom is -0.370 e. The van der Waals surface area contributed by atoms with E-state index in [9.17, 15) is 4.79 Å². The molecule has 0 aromatic heterocycles. The molecule has 2 N–H and O–H groups in total. The van der Waals surface area contributed by atoms with E-state index in [-0.39, 0.29) is 5.91 Å². The van der Waals surface area contributed by atoms with Gasteiger partial charge in [0.25, 0.3) is 0 Å². The first-order valence-electron chi connectivity index (χ1n) is 11.8. The number of rotatable bonds is 18. The fourth-order valence-electron chi connectivity index (χ4n) is 3.04. The van der Waals surface area contributed by atoms with Gasteiger partial charge in [-0.15, -0.1) is 0 Å². The van der Waals surface area contributed by atoms with E-state index in [0.717, 1.165) is 12.8 Å². The minimum absolute atomic E-state index is 0.164. The number of nitrogens with zero attached hydrogens (tertiary/aromatic N) is 1. The highest BCUT2D eigenvalue weighted by Crippen LogP contribution is 2.09. The molecule has 0 unspecified atom stereocenters. The first-order valence-corrected chi connectivity index (χ1v) is 11.8. The SMILES string of the molecule is CCCCCCCCC=CCCCCCCCC(N)=O.CCN(CC)CC. The average molecular weight is 383 g/mol. The van der Waals surface area contributed by atoms with E-state index in [1.54, 1.807) is 0 Å². The van der Waals surface area contributed by atoms with Crippen molar-refractivity contribution in [3.63, 3.8) is 0 Å². The molecule has 0 atom stereocenters. The second kappa shape index (κ2) is 25.2. The lowest BCUT2D eigenvalue weighted by Crippen LogP contribution is -2.21. The second-order valence-electron chi connectivity index (χ2n) is 7.42. The lowest BCUT2D eigenvalue weighted by molar-refractivity contribution is -0.118. The molecule has 0 heterocycles. The Kier molecular flexibility index (Phi) is 26.5. The Morgan fingerprint density at radius 2 is 1.07 bits per heavy atom. The summed E-state index contributed by atoms with van der Waals surface area (Å²) in [5, 5.41) is 0. The molecule has 0 aliphatic carbocycles. The van der Waals surface area contributed by atoms with Gasteiger partial charge in [0, 0.05) is 6.42 Å². The summed E-state index contributed by atoms with van der Waals surface area (Å²) in [4.78, 5) is 12.9. The number of amides is 1. The maximum Gasteiger partial charge on any atom is 0.217 e. The monoisotopic (exact) mass is 382 g/mol. The lowest BCUT2D eigenvalue weighted by Gasteiger charge is -2.13. The van der Waals surface area contributed by atoms with Crippen LogP contribution in [0.5, 0.6) is 0 Å². The van der Waals surface area contributed by atoms with Crippen LogP contribution in [0, 0.1) is 0 Å². The van der Waals surface area contributed by atoms with Gasteiger partial charge in [-0.3, -0.25) is 4.79 Å². The Labute approximate surface area is 171 Å². The largest absolute Gasteiger partial charge is 0.370 e. The van der Waals surface area contributed by atoms with Crippen molar-refractivity contribution < 1.29 is 4.79 Å². The Bertz CT molecular complexity index is 306. The number of unbranched alkanes of at least 4 members (excludes halogenated alkanes) is 11. The van der Waals surface area contributed by atoms with Crippen LogP contribution in [0.1, 0.15) is 118 Å². The van der Waals surface area contributed by atoms with Crippen LogP contribution in [0.15, 0.2) is 12.2 Å². The summed E-state index contributed by atoms with van der Waals surface area (Å²) in [6.45, 7) is 12.4. The van der Waals surface area contributed by atoms with Gasteiger partial charge in [-0.05, 0) is 51.7 Å². The van der Waals surface area contributed by atoms with Gasteiger partial charge in [0.1, 0.15) is 0 Å². The first kappa shape index (κ1) is 28.4. The van der Waals surface area contributed by atoms with Crippen molar-refractivity contribution in [1.29, 1.82) is 0 Å². The molecular formula is C24H50N2O. The Morgan fingerprint density at radius 1 is 0.667 bits per heavy atom. The zero-order valence-corrected chi connectivity index (χ0v) is 19.1. The standard InChI is InChI=1S/C18H35NO.C6H15N/c1-2-3-4-5-6-7-8-9-10-11-12-13-14-15-16-17-18(19)20;1-4-7(5-2)6-3/h9-10H,2-8,11-17H2,1H3,(H2,19,20);4-6H2,1-3H3. The van der Waals surface area contributed by atoms with E-state index in [1.807, 2.05) is 0 Å². The summed E-state index contributed by atoms with van der Waals surface area (Å²) in [6.07, 6.45) is 21.9. The van der Waals surface area contributed by atoms with Crippen LogP contribution in [0.4, 0.5) is 0 Å². The third-order valence-corrected chi connectivity index (χ3v) is 5.03. The summed E-state index contributed by atoms with van der Waals surface area (Å²) in [7, 11) is 0. The van der Waals surface area contributed by atoms with Crippen molar-refractivity contribution in [1.82, 2.24) is 4.90 Å². The third kappa shape index (κ3) is 27.5. The van der Waals surface area contributed by atoms with Crippen molar-refractivity contribution in [3.8, 4) is 0 Å². The van der Waals surface area contributed by atoms with E-state index in [1.165, 1.54) is 90.3 Å². The van der Waals surface area contributed by atoms with Crippen LogP contribution < -0.4 is 5.73 Å². The number of hydrogen-bond acceptors (Lipinski definition) is 2. The molecule has 0 aliphatic rings. The highest BCUT2D eigenvalue weighted by atomic mass is 16.1. The summed E-state index contributed by atoms with van der Waals surface area (Å²) in [6, 6.07) is 0. The van der Waals surface area contributed by atoms with Gasteiger partial charge >= 0.3 is 0 Å². The van der Waals surface area contributed by atoms with Crippen LogP contribution in [0.2, 0.25) is 0 Å². The summed E-state index contributed by atoms with van der Waals surface area (Å²) >= 11 is 0. The molecule has 0 saturated heterocycles. The molecule has 0 aliphatic heterocycles. The van der Waals surface area contributed by atoms with Gasteiger partial charge in [-0.25, -0.2) is 0 Å². The molecule has 0 saturated carbocycles. The molecule has 1 amide bonds. The molecule has 0 fully saturated rings. The Balaban J connectivity index is 0. The zero-order chi connectivity index (χ0) is 20.6. The molecule has 0 bridgehead atoms. The number of carbonyl (C=O) groups is 1. The minimum atomic E-state index is -0.164. The second-order valence-corrected chi connectivity index (χ2v) is 7.42. The summed E-state index contributed by atoms with van der Waals surface area (Å²) in [5.41, 5.74) is 5.10. The van der Waals surface area contributed by atoms with Gasteiger partial charge in [-0.1, -0.05) is 91.2 Å². The predicted molar refractivity (Wildman–Crippen MR) is 122 cm³/mol. The van der Waals surface area contributed by atoms with E-state index in [2.05, 4.69) is 44.7 Å². The third-order valence-electron chi connectivity index (χ3n) is 5.03. The van der Waals surface area contributed by atoms with Crippen molar-refractivity contribution in [2.75, 3.05) is 19.6 Å². The molecule has 0 aromatic rings. The predicted octanol–water partition coefficient (Wildman–Crippen LogP) is 6.86. The number of hydrogen-bond donors (Lipinski definition) is 1. The van der Waals surface area contributed by atoms with Crippen LogP contribution in [-0.2, 0) is 4.79 Å². The topological polar surface area (TPSA) is 46.3 Å². The van der Waals surface area contributed by atoms with Gasteiger partial charge < -0.3 is 10.6 Å². The lowest BCUT2D eigenvalue weighted by atomic mass is 10.1. The fourth-order valence-corrected chi connectivity index (χ4v) is 3.04. The van der Waals surface area contributed by atoms with Gasteiger partial charge in [0.2, 0.25) is 5.91 Å². The van der Waals surface area contributed by atoms with Crippen molar-refractivity contribution in [3.05, 3.63) is 12.2 Å². The van der Waals surface area contributed by atoms with Crippen LogP contribution in [0.25, 0.3) is 0 Å². The number of carbonyl (C=O) groups excluding carboxylic acids is 1. The molecule has 3 nitrogen and oxygen atoms in total. The molecule has 0 aromatic carbocycles. The Hall–Kier alpha value is -0.830. The Morgan fingerprint density at radius 3 is 1.44 bits per heavy atom. The molecule has 0 spiro atoms. The molecular weight excluding hydrogens is 332 g/mol. The van der Waals surface area contributed by atoms with E-state index in [4.69, 9.17) is 5.73 Å². The number of allylic oxidation sites excluding steroid dienone is 2. The molecule has 0 radical (unpaired) electrons. The molecule has 27 heavy (non-hydrogen) atoms. The molecule has 0 rings (SSSR count). The summed E-state index contributed by atoms with van der Waals surface area (Å²) < 4.78 is 0. The van der Waals surface area contributed by atoms with Crippen LogP contribution in [0.3, 0.4) is 0 Å². The van der Waals surface area contributed by atoms with Crippen molar-refractivity contribution >= 4 is 5.91 Å². The zero-order valence-electron chi connectivity index (χ0n) is 19.1. The fraction of sp³-hybridized carbons (Fsp3) is 0.875. The number of primary amides is 1. The van der Waals surface area contributed by atoms with Crippen molar-refractivity contribution in [2.45, 2.75) is 118 Å². The quantitative estimate of drug-likeness (QED) is 0.208. The normalized spacial score (nSPS) is 11.0. The van der Waals surface area contributed by atoms with Gasteiger partial charge in [0.15, 0.2) is 0 Å². The smallest absolute Gasteiger partial charge is 0.217 e. The van der Waals surface area contributed by atoms with E-state index in [0.29, 0.717) is 6.42 Å². The summed E-state index contributed by atoms with van der Waals surface area (Å²) in [5.74, 6) is -0.164. The molecule has 3 heteroatoms. The number of nitrogens with two attached hydrogens (primary N) is 1. The van der Waals surface area contributed by atoms with Crippen LogP contribution >= 0.6 is 0 Å². The van der Waals surface area contributed by atoms with Gasteiger partial charge in [0.05, 0.1) is 0 Å². The highest BCUT2D eigenvalue weighted by molar-refractivity contribution is 5.73. The van der Waals surface area contributed by atoms with E-state index < -0.39 is 0 Å². The maximum atomic E-state index is 10.5. The maximum absolute atomic E-state index is 10.5. The molecule has 162 valence electrons. The first-order chi connectivity index (χ1) is 13.1. The highest BCUT2D eigenvalue weighted by Gasteiger charge is 1.94.